The van der Waals surface area contributed by atoms with Gasteiger partial charge >= 0.3 is 0 Å². The number of halogens is 1. The highest BCUT2D eigenvalue weighted by molar-refractivity contribution is 14.1. The third-order valence-electron chi connectivity index (χ3n) is 3.39. The Morgan fingerprint density at radius 3 is 2.19 bits per heavy atom. The van der Waals surface area contributed by atoms with E-state index in [4.69, 9.17) is 7.80 Å². The summed E-state index contributed by atoms with van der Waals surface area (Å²) in [5.74, 6) is 1.64. The van der Waals surface area contributed by atoms with E-state index in [2.05, 4.69) is 24.3 Å². The largest absolute Gasteiger partial charge is 0.497 e. The lowest BCUT2D eigenvalue weighted by Gasteiger charge is -2.27. The van der Waals surface area contributed by atoms with E-state index < -0.39 is 0 Å². The highest BCUT2D eigenvalue weighted by Crippen LogP contribution is 2.35. The van der Waals surface area contributed by atoms with Crippen LogP contribution in [0.4, 0.5) is 0 Å². The molecule has 0 aromatic heterocycles. The molecule has 0 bridgehead atoms. The Balaban J connectivity index is 1.97. The first kappa shape index (κ1) is 12.2. The summed E-state index contributed by atoms with van der Waals surface area (Å²) in [5.41, 5.74) is 1.44. The third-order valence-corrected chi connectivity index (χ3v) is 4.11. The molecule has 0 spiro atoms. The molecule has 0 atom stereocenters. The van der Waals surface area contributed by atoms with Crippen LogP contribution in [0.2, 0.25) is 0 Å². The topological polar surface area (TPSA) is 18.5 Å². The van der Waals surface area contributed by atoms with Crippen molar-refractivity contribution >= 4 is 23.0 Å². The van der Waals surface area contributed by atoms with Gasteiger partial charge in [0.2, 0.25) is 0 Å². The van der Waals surface area contributed by atoms with Crippen LogP contribution < -0.4 is 4.74 Å². The minimum atomic E-state index is 0.468. The van der Waals surface area contributed by atoms with Crippen LogP contribution in [-0.4, -0.2) is 13.2 Å². The maximum atomic E-state index is 5.36. The molecule has 0 saturated heterocycles. The van der Waals surface area contributed by atoms with Crippen LogP contribution in [0.25, 0.3) is 0 Å². The molecule has 1 saturated carbocycles. The Kier molecular flexibility index (Phi) is 4.46. The number of hydrogen-bond donors (Lipinski definition) is 0. The van der Waals surface area contributed by atoms with Crippen LogP contribution in [0.1, 0.15) is 37.2 Å². The monoisotopic (exact) mass is 332 g/mol. The van der Waals surface area contributed by atoms with Gasteiger partial charge in [0, 0.05) is 0 Å². The molecule has 16 heavy (non-hydrogen) atoms. The quantitative estimate of drug-likeness (QED) is 0.777. The number of methoxy groups -OCH3 is 1. The Morgan fingerprint density at radius 2 is 1.69 bits per heavy atom. The smallest absolute Gasteiger partial charge is 0.118 e. The summed E-state index contributed by atoms with van der Waals surface area (Å²) in [7, 11) is 1.71. The standard InChI is InChI=1S/C13H17IO2/c1-15-12-6-2-10(3-7-12)11-4-8-13(16-14)9-5-11/h2-3,6-7,11,13H,4-5,8-9H2,1H3. The van der Waals surface area contributed by atoms with Gasteiger partial charge in [0.05, 0.1) is 13.2 Å². The van der Waals surface area contributed by atoms with Crippen LogP contribution in [0, 0.1) is 0 Å². The van der Waals surface area contributed by atoms with E-state index >= 15 is 0 Å². The zero-order chi connectivity index (χ0) is 11.4. The summed E-state index contributed by atoms with van der Waals surface area (Å²) in [5, 5.41) is 0. The van der Waals surface area contributed by atoms with Crippen LogP contribution >= 0.6 is 23.0 Å². The molecule has 2 rings (SSSR count). The van der Waals surface area contributed by atoms with E-state index in [0.29, 0.717) is 12.0 Å². The second-order valence-electron chi connectivity index (χ2n) is 4.34. The molecular formula is C13H17IO2. The van der Waals surface area contributed by atoms with Gasteiger partial charge in [-0.2, -0.15) is 0 Å². The van der Waals surface area contributed by atoms with Crippen molar-refractivity contribution in [2.24, 2.45) is 0 Å². The van der Waals surface area contributed by atoms with E-state index in [1.54, 1.807) is 7.11 Å². The Bertz CT molecular complexity index is 315. The lowest BCUT2D eigenvalue weighted by Crippen LogP contribution is -2.17. The summed E-state index contributed by atoms with van der Waals surface area (Å²) in [4.78, 5) is 0. The van der Waals surface area contributed by atoms with E-state index in [1.807, 2.05) is 23.0 Å². The fourth-order valence-electron chi connectivity index (χ4n) is 2.36. The number of hydrogen-bond acceptors (Lipinski definition) is 2. The molecule has 0 N–H and O–H groups in total. The molecule has 3 heteroatoms. The normalized spacial score (nSPS) is 25.4. The Hall–Kier alpha value is -0.290. The first-order valence-electron chi connectivity index (χ1n) is 5.75. The highest BCUT2D eigenvalue weighted by atomic mass is 127. The second-order valence-corrected chi connectivity index (χ2v) is 4.84. The van der Waals surface area contributed by atoms with E-state index in [0.717, 1.165) is 5.75 Å². The molecule has 0 aliphatic heterocycles. The lowest BCUT2D eigenvalue weighted by atomic mass is 9.83. The van der Waals surface area contributed by atoms with Crippen molar-refractivity contribution in [1.29, 1.82) is 0 Å². The molecule has 0 amide bonds. The van der Waals surface area contributed by atoms with Gasteiger partial charge in [-0.1, -0.05) is 12.1 Å². The lowest BCUT2D eigenvalue weighted by molar-refractivity contribution is 0.202. The minimum absolute atomic E-state index is 0.468. The fourth-order valence-corrected chi connectivity index (χ4v) is 2.87. The summed E-state index contributed by atoms with van der Waals surface area (Å²) < 4.78 is 10.5. The first-order chi connectivity index (χ1) is 7.83. The average Bonchev–Trinajstić information content (AvgIpc) is 2.39. The molecule has 0 unspecified atom stereocenters. The van der Waals surface area contributed by atoms with Gasteiger partial charge in [-0.3, -0.25) is 0 Å². The number of rotatable bonds is 3. The molecule has 0 radical (unpaired) electrons. The maximum absolute atomic E-state index is 5.36. The summed E-state index contributed by atoms with van der Waals surface area (Å²) in [6.07, 6.45) is 5.30. The SMILES string of the molecule is COc1ccc(C2CCC(OI)CC2)cc1. The van der Waals surface area contributed by atoms with Gasteiger partial charge < -0.3 is 7.80 Å². The second kappa shape index (κ2) is 5.87. The van der Waals surface area contributed by atoms with Crippen molar-refractivity contribution in [2.45, 2.75) is 37.7 Å². The fraction of sp³-hybridized carbons (Fsp3) is 0.538. The van der Waals surface area contributed by atoms with Crippen molar-refractivity contribution in [3.63, 3.8) is 0 Å². The molecule has 1 aliphatic carbocycles. The summed E-state index contributed by atoms with van der Waals surface area (Å²) >= 11 is 2.02. The Morgan fingerprint density at radius 1 is 1.06 bits per heavy atom. The van der Waals surface area contributed by atoms with Crippen LogP contribution in [0.5, 0.6) is 5.75 Å². The molecule has 2 nitrogen and oxygen atoms in total. The van der Waals surface area contributed by atoms with Gasteiger partial charge in [0.1, 0.15) is 28.8 Å². The van der Waals surface area contributed by atoms with Crippen molar-refractivity contribution in [3.05, 3.63) is 29.8 Å². The van der Waals surface area contributed by atoms with Gasteiger partial charge in [0.15, 0.2) is 0 Å². The van der Waals surface area contributed by atoms with Gasteiger partial charge in [-0.25, -0.2) is 0 Å². The molecule has 0 heterocycles. The highest BCUT2D eigenvalue weighted by Gasteiger charge is 2.22. The molecule has 88 valence electrons. The first-order valence-corrected chi connectivity index (χ1v) is 6.63. The molecule has 1 fully saturated rings. The van der Waals surface area contributed by atoms with Crippen molar-refractivity contribution in [2.75, 3.05) is 7.11 Å². The Labute approximate surface area is 111 Å². The van der Waals surface area contributed by atoms with Crippen LogP contribution in [0.15, 0.2) is 24.3 Å². The molecule has 1 aliphatic rings. The van der Waals surface area contributed by atoms with Crippen molar-refractivity contribution in [1.82, 2.24) is 0 Å². The van der Waals surface area contributed by atoms with Gasteiger partial charge in [0.25, 0.3) is 0 Å². The number of ether oxygens (including phenoxy) is 1. The van der Waals surface area contributed by atoms with Crippen molar-refractivity contribution < 1.29 is 7.80 Å². The predicted molar refractivity (Wildman–Crippen MR) is 73.1 cm³/mol. The predicted octanol–water partition coefficient (Wildman–Crippen LogP) is 4.09. The van der Waals surface area contributed by atoms with E-state index in [-0.39, 0.29) is 0 Å². The van der Waals surface area contributed by atoms with Crippen molar-refractivity contribution in [3.8, 4) is 5.75 Å². The average molecular weight is 332 g/mol. The zero-order valence-corrected chi connectivity index (χ0v) is 11.6. The molecule has 1 aromatic rings. The van der Waals surface area contributed by atoms with Crippen LogP contribution in [-0.2, 0) is 3.07 Å². The molecule has 1 aromatic carbocycles. The molecular weight excluding hydrogens is 315 g/mol. The minimum Gasteiger partial charge on any atom is -0.497 e. The summed E-state index contributed by atoms with van der Waals surface area (Å²) in [6, 6.07) is 8.48. The third kappa shape index (κ3) is 2.88. The van der Waals surface area contributed by atoms with Crippen LogP contribution in [0.3, 0.4) is 0 Å². The number of benzene rings is 1. The van der Waals surface area contributed by atoms with E-state index in [1.165, 1.54) is 31.2 Å². The summed E-state index contributed by atoms with van der Waals surface area (Å²) in [6.45, 7) is 0. The van der Waals surface area contributed by atoms with E-state index in [9.17, 15) is 0 Å². The van der Waals surface area contributed by atoms with Gasteiger partial charge in [-0.05, 0) is 49.3 Å². The maximum Gasteiger partial charge on any atom is 0.118 e. The van der Waals surface area contributed by atoms with Gasteiger partial charge in [-0.15, -0.1) is 0 Å². The zero-order valence-electron chi connectivity index (χ0n) is 9.49.